The van der Waals surface area contributed by atoms with Crippen molar-refractivity contribution >= 4 is 5.97 Å². The summed E-state index contributed by atoms with van der Waals surface area (Å²) in [6.07, 6.45) is 3.02. The van der Waals surface area contributed by atoms with Crippen LogP contribution in [0.1, 0.15) is 19.2 Å². The fraction of sp³-hybridized carbons (Fsp3) is 0.429. The summed E-state index contributed by atoms with van der Waals surface area (Å²) in [7, 11) is 0. The van der Waals surface area contributed by atoms with Gasteiger partial charge in [0.15, 0.2) is 0 Å². The Morgan fingerprint density at radius 2 is 2.58 bits per heavy atom. The normalized spacial score (nSPS) is 15.5. The van der Waals surface area contributed by atoms with Crippen molar-refractivity contribution in [2.75, 3.05) is 0 Å². The molecule has 0 spiro atoms. The van der Waals surface area contributed by atoms with Gasteiger partial charge in [-0.15, -0.1) is 0 Å². The van der Waals surface area contributed by atoms with Crippen molar-refractivity contribution in [1.82, 2.24) is 9.97 Å². The zero-order valence-electron chi connectivity index (χ0n) is 6.74. The van der Waals surface area contributed by atoms with Crippen LogP contribution in [0.2, 0.25) is 0 Å². The van der Waals surface area contributed by atoms with Crippen molar-refractivity contribution < 1.29 is 9.90 Å². The maximum atomic E-state index is 10.4. The lowest BCUT2D eigenvalue weighted by atomic mass is 9.99. The summed E-state index contributed by atoms with van der Waals surface area (Å²) in [5.74, 6) is -0.443. The van der Waals surface area contributed by atoms with Gasteiger partial charge in [0.2, 0.25) is 0 Å². The number of nitrogens with zero attached hydrogens (tertiary/aromatic N) is 1. The van der Waals surface area contributed by atoms with Gasteiger partial charge in [-0.2, -0.15) is 0 Å². The second-order valence-electron chi connectivity index (χ2n) is 2.93. The second-order valence-corrected chi connectivity index (χ2v) is 2.93. The number of H-pyrrole nitrogens is 1. The zero-order valence-corrected chi connectivity index (χ0v) is 6.74. The third kappa shape index (κ3) is 1.82. The topological polar surface area (TPSA) is 92.0 Å². The highest BCUT2D eigenvalue weighted by Crippen LogP contribution is 2.16. The fourth-order valence-electron chi connectivity index (χ4n) is 0.975. The molecule has 4 N–H and O–H groups in total. The van der Waals surface area contributed by atoms with Crippen LogP contribution < -0.4 is 5.73 Å². The lowest BCUT2D eigenvalue weighted by Crippen LogP contribution is -2.36. The van der Waals surface area contributed by atoms with E-state index in [1.807, 2.05) is 0 Å². The SMILES string of the molecule is CC(N)(CC(=O)O)c1ncc[nH]1. The molecule has 0 aliphatic heterocycles. The average Bonchev–Trinajstić information content (AvgIpc) is 2.32. The third-order valence-corrected chi connectivity index (χ3v) is 1.56. The Bertz CT molecular complexity index is 266. The number of hydrogen-bond acceptors (Lipinski definition) is 3. The Kier molecular flexibility index (Phi) is 2.14. The van der Waals surface area contributed by atoms with Gasteiger partial charge < -0.3 is 15.8 Å². The molecule has 1 unspecified atom stereocenters. The molecule has 66 valence electrons. The fourth-order valence-corrected chi connectivity index (χ4v) is 0.975. The molecule has 5 nitrogen and oxygen atoms in total. The van der Waals surface area contributed by atoms with Crippen LogP contribution in [0.4, 0.5) is 0 Å². The van der Waals surface area contributed by atoms with E-state index in [4.69, 9.17) is 10.8 Å². The molecule has 1 aromatic rings. The number of imidazole rings is 1. The summed E-state index contributed by atoms with van der Waals surface area (Å²) in [5, 5.41) is 8.53. The summed E-state index contributed by atoms with van der Waals surface area (Å²) in [5.41, 5.74) is 4.79. The van der Waals surface area contributed by atoms with Crippen molar-refractivity contribution in [3.63, 3.8) is 0 Å². The highest BCUT2D eigenvalue weighted by Gasteiger charge is 2.26. The average molecular weight is 169 g/mol. The minimum Gasteiger partial charge on any atom is -0.481 e. The highest BCUT2D eigenvalue weighted by atomic mass is 16.4. The van der Waals surface area contributed by atoms with Gasteiger partial charge in [0.25, 0.3) is 0 Å². The Hall–Kier alpha value is -1.36. The quantitative estimate of drug-likeness (QED) is 0.596. The molecule has 1 atom stereocenters. The number of nitrogens with two attached hydrogens (primary N) is 1. The minimum absolute atomic E-state index is 0.138. The van der Waals surface area contributed by atoms with Crippen LogP contribution in [0.25, 0.3) is 0 Å². The Balaban J connectivity index is 2.79. The second kappa shape index (κ2) is 2.94. The molecule has 0 bridgehead atoms. The molecule has 0 radical (unpaired) electrons. The number of hydrogen-bond donors (Lipinski definition) is 3. The van der Waals surface area contributed by atoms with Gasteiger partial charge in [0.05, 0.1) is 12.0 Å². The minimum atomic E-state index is -0.934. The molecule has 0 amide bonds. The molecular formula is C7H11N3O2. The lowest BCUT2D eigenvalue weighted by Gasteiger charge is -2.18. The summed E-state index contributed by atoms with van der Waals surface area (Å²) >= 11 is 0. The van der Waals surface area contributed by atoms with Crippen molar-refractivity contribution in [1.29, 1.82) is 0 Å². The van der Waals surface area contributed by atoms with E-state index in [1.54, 1.807) is 19.3 Å². The molecule has 1 rings (SSSR count). The number of carbonyl (C=O) groups is 1. The van der Waals surface area contributed by atoms with Gasteiger partial charge >= 0.3 is 5.97 Å². The monoisotopic (exact) mass is 169 g/mol. The van der Waals surface area contributed by atoms with E-state index in [0.717, 1.165) is 0 Å². The van der Waals surface area contributed by atoms with Crippen molar-refractivity contribution in [3.05, 3.63) is 18.2 Å². The smallest absolute Gasteiger partial charge is 0.305 e. The largest absolute Gasteiger partial charge is 0.481 e. The van der Waals surface area contributed by atoms with Gasteiger partial charge in [-0.1, -0.05) is 0 Å². The van der Waals surface area contributed by atoms with E-state index < -0.39 is 11.5 Å². The predicted octanol–water partition coefficient (Wildman–Crippen LogP) is 0.0583. The summed E-state index contributed by atoms with van der Waals surface area (Å²) in [4.78, 5) is 17.1. The highest BCUT2D eigenvalue weighted by molar-refractivity contribution is 5.68. The van der Waals surface area contributed by atoms with Gasteiger partial charge in [-0.3, -0.25) is 4.79 Å². The van der Waals surface area contributed by atoms with E-state index in [-0.39, 0.29) is 6.42 Å². The summed E-state index contributed by atoms with van der Waals surface area (Å²) in [6, 6.07) is 0. The number of nitrogens with one attached hydrogen (secondary N) is 1. The standard InChI is InChI=1S/C7H11N3O2/c1-7(8,4-5(11)12)6-9-2-3-10-6/h2-3H,4,8H2,1H3,(H,9,10)(H,11,12). The summed E-state index contributed by atoms with van der Waals surface area (Å²) in [6.45, 7) is 1.62. The molecule has 1 heterocycles. The van der Waals surface area contributed by atoms with Crippen LogP contribution in [-0.4, -0.2) is 21.0 Å². The maximum Gasteiger partial charge on any atom is 0.305 e. The number of aromatic amines is 1. The Morgan fingerprint density at radius 1 is 1.92 bits per heavy atom. The first-order valence-corrected chi connectivity index (χ1v) is 3.53. The third-order valence-electron chi connectivity index (χ3n) is 1.56. The number of carboxylic acids is 1. The summed E-state index contributed by atoms with van der Waals surface area (Å²) < 4.78 is 0. The molecule has 0 aliphatic carbocycles. The van der Waals surface area contributed by atoms with Crippen LogP contribution in [0.3, 0.4) is 0 Å². The van der Waals surface area contributed by atoms with E-state index in [1.165, 1.54) is 0 Å². The molecule has 5 heteroatoms. The first-order valence-electron chi connectivity index (χ1n) is 3.53. The molecular weight excluding hydrogens is 158 g/mol. The van der Waals surface area contributed by atoms with Crippen molar-refractivity contribution in [2.45, 2.75) is 18.9 Å². The lowest BCUT2D eigenvalue weighted by molar-refractivity contribution is -0.138. The Labute approximate surface area is 69.6 Å². The van der Waals surface area contributed by atoms with Gasteiger partial charge in [0.1, 0.15) is 5.82 Å². The first kappa shape index (κ1) is 8.73. The number of aromatic nitrogens is 2. The molecule has 0 fully saturated rings. The van der Waals surface area contributed by atoms with Gasteiger partial charge in [-0.25, -0.2) is 4.98 Å². The van der Waals surface area contributed by atoms with E-state index in [2.05, 4.69) is 9.97 Å². The molecule has 1 aromatic heterocycles. The van der Waals surface area contributed by atoms with Crippen LogP contribution >= 0.6 is 0 Å². The van der Waals surface area contributed by atoms with Crippen molar-refractivity contribution in [2.24, 2.45) is 5.73 Å². The van der Waals surface area contributed by atoms with Gasteiger partial charge in [0, 0.05) is 12.4 Å². The molecule has 0 aliphatic rings. The van der Waals surface area contributed by atoms with E-state index >= 15 is 0 Å². The molecule has 0 saturated heterocycles. The van der Waals surface area contributed by atoms with E-state index in [9.17, 15) is 4.79 Å². The number of aliphatic carboxylic acids is 1. The molecule has 0 saturated carbocycles. The zero-order chi connectivity index (χ0) is 9.19. The Morgan fingerprint density at radius 3 is 3.00 bits per heavy atom. The van der Waals surface area contributed by atoms with Crippen LogP contribution in [0.15, 0.2) is 12.4 Å². The first-order chi connectivity index (χ1) is 5.52. The molecule has 0 aromatic carbocycles. The number of carboxylic acid groups (broad SMARTS) is 1. The van der Waals surface area contributed by atoms with Crippen LogP contribution in [0.5, 0.6) is 0 Å². The van der Waals surface area contributed by atoms with Gasteiger partial charge in [-0.05, 0) is 6.92 Å². The van der Waals surface area contributed by atoms with E-state index in [0.29, 0.717) is 5.82 Å². The number of rotatable bonds is 3. The van der Waals surface area contributed by atoms with Crippen molar-refractivity contribution in [3.8, 4) is 0 Å². The molecule has 12 heavy (non-hydrogen) atoms. The van der Waals surface area contributed by atoms with Crippen LogP contribution in [-0.2, 0) is 10.3 Å². The van der Waals surface area contributed by atoms with Crippen LogP contribution in [0, 0.1) is 0 Å². The predicted molar refractivity (Wildman–Crippen MR) is 42.4 cm³/mol. The maximum absolute atomic E-state index is 10.4.